The molecule has 45 heavy (non-hydrogen) atoms. The third-order valence-corrected chi connectivity index (χ3v) is 9.84. The van der Waals surface area contributed by atoms with Crippen molar-refractivity contribution in [3.8, 4) is 0 Å². The molecule has 1 heterocycles. The molecule has 0 radical (unpaired) electrons. The molecule has 1 aliphatic heterocycles. The van der Waals surface area contributed by atoms with Crippen LogP contribution < -0.4 is 22.5 Å². The Balaban J connectivity index is 0.000000537. The lowest BCUT2D eigenvalue weighted by Gasteiger charge is -2.47. The second kappa shape index (κ2) is 17.6. The van der Waals surface area contributed by atoms with Crippen molar-refractivity contribution in [2.75, 3.05) is 11.5 Å². The summed E-state index contributed by atoms with van der Waals surface area (Å²) in [5.41, 5.74) is 10.5. The third-order valence-electron chi connectivity index (χ3n) is 7.92. The second-order valence-electron chi connectivity index (χ2n) is 11.7. The molecule has 248 valence electrons. The molecule has 0 aliphatic carbocycles. The van der Waals surface area contributed by atoms with Crippen LogP contribution >= 0.6 is 11.8 Å². The molecule has 2 aromatic rings. The number of Topliss-reactive ketones (excluding diaryl/α,β-unsaturated/α-hetero) is 1. The van der Waals surface area contributed by atoms with Crippen LogP contribution in [-0.2, 0) is 24.5 Å². The van der Waals surface area contributed by atoms with E-state index in [1.54, 1.807) is 42.4 Å². The molecule has 0 saturated carbocycles. The smallest absolute Gasteiger partial charge is 0.294 e. The Hall–Kier alpha value is -3.07. The van der Waals surface area contributed by atoms with Crippen molar-refractivity contribution in [3.05, 3.63) is 71.8 Å². The minimum absolute atomic E-state index is 0.0272. The molecule has 1 saturated heterocycles. The Morgan fingerprint density at radius 2 is 1.60 bits per heavy atom. The number of benzene rings is 2. The van der Waals surface area contributed by atoms with Gasteiger partial charge in [-0.2, -0.15) is 20.2 Å². The fourth-order valence-electron chi connectivity index (χ4n) is 5.82. The number of hydrogen-bond acceptors (Lipinski definition) is 9. The van der Waals surface area contributed by atoms with E-state index < -0.39 is 45.2 Å². The van der Waals surface area contributed by atoms with Crippen molar-refractivity contribution in [2.24, 2.45) is 40.7 Å². The predicted molar refractivity (Wildman–Crippen MR) is 176 cm³/mol. The molecule has 2 amide bonds. The Bertz CT molecular complexity index is 1390. The molecular formula is C32H46N4O7S2. The molecule has 0 bridgehead atoms. The van der Waals surface area contributed by atoms with Gasteiger partial charge in [-0.1, -0.05) is 74.0 Å². The van der Waals surface area contributed by atoms with Crippen LogP contribution in [0.4, 0.5) is 0 Å². The molecule has 4 atom stereocenters. The minimum atomic E-state index is -4.02. The Morgan fingerprint density at radius 3 is 2.07 bits per heavy atom. The van der Waals surface area contributed by atoms with Gasteiger partial charge in [0.05, 0.1) is 28.2 Å². The highest BCUT2D eigenvalue weighted by molar-refractivity contribution is 7.99. The number of rotatable bonds is 12. The minimum Gasteiger partial charge on any atom is -0.322 e. The number of nitrogens with one attached hydrogen (secondary N) is 2. The zero-order valence-corrected chi connectivity index (χ0v) is 27.8. The number of ketones is 1. The van der Waals surface area contributed by atoms with Crippen LogP contribution in [0.5, 0.6) is 0 Å². The van der Waals surface area contributed by atoms with E-state index in [1.807, 2.05) is 57.2 Å². The summed E-state index contributed by atoms with van der Waals surface area (Å²) in [6, 6.07) is 14.6. The molecule has 2 aromatic carbocycles. The fourth-order valence-corrected chi connectivity index (χ4v) is 7.41. The van der Waals surface area contributed by atoms with Gasteiger partial charge in [-0.3, -0.25) is 29.6 Å². The SMILES string of the molecule is CC(C)C[C@@H](C(=O)NN)[C@H](C(=O)NO)C(/C=C/c1ccccc1)(C(=O)[C@@H](C)N)C1CCSCC1.Cc1ccc(S(=O)(=O)O)cc1. The van der Waals surface area contributed by atoms with Crippen LogP contribution in [-0.4, -0.2) is 53.3 Å². The summed E-state index contributed by atoms with van der Waals surface area (Å²) in [7, 11) is -4.02. The molecule has 1 aliphatic rings. The second-order valence-corrected chi connectivity index (χ2v) is 14.3. The van der Waals surface area contributed by atoms with Crippen molar-refractivity contribution < 1.29 is 32.6 Å². The molecule has 1 unspecified atom stereocenters. The molecule has 8 N–H and O–H groups in total. The van der Waals surface area contributed by atoms with Crippen molar-refractivity contribution in [3.63, 3.8) is 0 Å². The van der Waals surface area contributed by atoms with Crippen LogP contribution in [0.25, 0.3) is 6.08 Å². The zero-order chi connectivity index (χ0) is 33.8. The summed E-state index contributed by atoms with van der Waals surface area (Å²) in [6.07, 6.45) is 5.22. The van der Waals surface area contributed by atoms with Crippen LogP contribution in [0.15, 0.2) is 65.6 Å². The number of aryl methyl sites for hydroxylation is 1. The number of amides is 2. The number of carbonyl (C=O) groups is 3. The standard InChI is InChI=1S/C25H38N4O4S.C7H8O3S/c1-16(2)15-20(23(31)28-27)21(24(32)29-33)25(22(30)17(3)26,19-10-13-34-14-11-19)12-9-18-7-5-4-6-8-18;1-6-2-4-7(5-3-6)11(8,9)10/h4-9,12,16-17,19-21,33H,10-11,13-15,26-27H2,1-3H3,(H,28,31)(H,29,32);2-5H,1H3,(H,8,9,10)/b12-9+;/t17-,20-,21-,25?;/m1./s1. The quantitative estimate of drug-likeness (QED) is 0.0639. The highest BCUT2D eigenvalue weighted by Crippen LogP contribution is 2.50. The first-order valence-corrected chi connectivity index (χ1v) is 17.4. The van der Waals surface area contributed by atoms with Crippen molar-refractivity contribution in [1.29, 1.82) is 0 Å². The van der Waals surface area contributed by atoms with Gasteiger partial charge in [0.1, 0.15) is 0 Å². The number of hydroxylamine groups is 1. The average molecular weight is 663 g/mol. The topological polar surface area (TPSA) is 202 Å². The van der Waals surface area contributed by atoms with Crippen LogP contribution in [0.3, 0.4) is 0 Å². The Morgan fingerprint density at radius 1 is 1.02 bits per heavy atom. The maximum Gasteiger partial charge on any atom is 0.294 e. The highest BCUT2D eigenvalue weighted by atomic mass is 32.2. The highest BCUT2D eigenvalue weighted by Gasteiger charge is 2.56. The van der Waals surface area contributed by atoms with Gasteiger partial charge in [-0.15, -0.1) is 0 Å². The van der Waals surface area contributed by atoms with E-state index in [4.69, 9.17) is 16.1 Å². The zero-order valence-electron chi connectivity index (χ0n) is 26.2. The number of hydrazine groups is 1. The van der Waals surface area contributed by atoms with Gasteiger partial charge in [-0.05, 0) is 74.1 Å². The summed E-state index contributed by atoms with van der Waals surface area (Å²) in [5.74, 6) is 3.13. The summed E-state index contributed by atoms with van der Waals surface area (Å²) < 4.78 is 29.6. The summed E-state index contributed by atoms with van der Waals surface area (Å²) >= 11 is 1.79. The summed E-state index contributed by atoms with van der Waals surface area (Å²) in [4.78, 5) is 40.4. The third kappa shape index (κ3) is 10.5. The summed E-state index contributed by atoms with van der Waals surface area (Å²) in [6.45, 7) is 7.29. The van der Waals surface area contributed by atoms with Gasteiger partial charge in [0, 0.05) is 0 Å². The van der Waals surface area contributed by atoms with Crippen LogP contribution in [0.1, 0.15) is 51.2 Å². The molecule has 11 nitrogen and oxygen atoms in total. The molecule has 1 fully saturated rings. The van der Waals surface area contributed by atoms with Crippen molar-refractivity contribution in [2.45, 2.75) is 57.9 Å². The lowest BCUT2D eigenvalue weighted by atomic mass is 9.56. The molecule has 0 aromatic heterocycles. The Kier molecular flexibility index (Phi) is 14.9. The van der Waals surface area contributed by atoms with Gasteiger partial charge in [-0.25, -0.2) is 11.3 Å². The molecular weight excluding hydrogens is 617 g/mol. The van der Waals surface area contributed by atoms with Crippen molar-refractivity contribution >= 4 is 45.6 Å². The van der Waals surface area contributed by atoms with Crippen LogP contribution in [0.2, 0.25) is 0 Å². The van der Waals surface area contributed by atoms with E-state index in [0.717, 1.165) is 22.6 Å². The van der Waals surface area contributed by atoms with Crippen molar-refractivity contribution in [1.82, 2.24) is 10.9 Å². The van der Waals surface area contributed by atoms with E-state index in [2.05, 4.69) is 5.43 Å². The number of thioether (sulfide) groups is 1. The number of hydrogen-bond donors (Lipinski definition) is 6. The maximum atomic E-state index is 14.0. The first-order valence-electron chi connectivity index (χ1n) is 14.8. The summed E-state index contributed by atoms with van der Waals surface area (Å²) in [5, 5.41) is 9.78. The first kappa shape index (κ1) is 38.1. The normalized spacial score (nSPS) is 17.4. The van der Waals surface area contributed by atoms with Gasteiger partial charge in [0.25, 0.3) is 10.1 Å². The monoisotopic (exact) mass is 662 g/mol. The molecule has 0 spiro atoms. The number of allylic oxidation sites excluding steroid dienone is 1. The van der Waals surface area contributed by atoms with E-state index in [-0.39, 0.29) is 22.5 Å². The first-order chi connectivity index (χ1) is 21.2. The van der Waals surface area contributed by atoms with Gasteiger partial charge in [0.15, 0.2) is 5.78 Å². The van der Waals surface area contributed by atoms with E-state index >= 15 is 0 Å². The van der Waals surface area contributed by atoms with Crippen LogP contribution in [0, 0.1) is 36.0 Å². The predicted octanol–water partition coefficient (Wildman–Crippen LogP) is 3.76. The molecule has 3 rings (SSSR count). The van der Waals surface area contributed by atoms with E-state index in [1.165, 1.54) is 12.1 Å². The lowest BCUT2D eigenvalue weighted by molar-refractivity contribution is -0.154. The Labute approximate surface area is 270 Å². The largest absolute Gasteiger partial charge is 0.322 e. The number of nitrogens with two attached hydrogens (primary N) is 2. The lowest BCUT2D eigenvalue weighted by Crippen LogP contribution is -2.59. The fraction of sp³-hybridized carbons (Fsp3) is 0.469. The number of carbonyl (C=O) groups excluding carboxylic acids is 3. The molecule has 13 heteroatoms. The van der Waals surface area contributed by atoms with Gasteiger partial charge >= 0.3 is 0 Å². The maximum absolute atomic E-state index is 14.0. The average Bonchev–Trinajstić information content (AvgIpc) is 3.02. The van der Waals surface area contributed by atoms with E-state index in [9.17, 15) is 28.0 Å². The van der Waals surface area contributed by atoms with Gasteiger partial charge in [0.2, 0.25) is 11.8 Å². The van der Waals surface area contributed by atoms with Gasteiger partial charge < -0.3 is 5.73 Å². The van der Waals surface area contributed by atoms with E-state index in [0.29, 0.717) is 19.3 Å².